The van der Waals surface area contributed by atoms with E-state index >= 15 is 0 Å². The van der Waals surface area contributed by atoms with Gasteiger partial charge in [0.2, 0.25) is 0 Å². The van der Waals surface area contributed by atoms with Crippen LogP contribution in [0.3, 0.4) is 0 Å². The number of anilines is 2. The highest BCUT2D eigenvalue weighted by atomic mass is 16.2. The lowest BCUT2D eigenvalue weighted by molar-refractivity contribution is -0.914. The molecule has 4 heteroatoms. The number of hydrogen-bond acceptors (Lipinski definition) is 2. The van der Waals surface area contributed by atoms with Crippen LogP contribution in [-0.4, -0.2) is 38.1 Å². The number of carbonyl (C=O) groups is 1. The van der Waals surface area contributed by atoms with E-state index in [1.807, 2.05) is 12.1 Å². The summed E-state index contributed by atoms with van der Waals surface area (Å²) in [6.07, 6.45) is 1.06. The Labute approximate surface area is 175 Å². The van der Waals surface area contributed by atoms with Crippen LogP contribution in [0.15, 0.2) is 42.5 Å². The van der Waals surface area contributed by atoms with E-state index in [0.717, 1.165) is 38.3 Å². The number of amides is 1. The van der Waals surface area contributed by atoms with Gasteiger partial charge < -0.3 is 15.1 Å². The number of quaternary nitrogens is 1. The first-order valence-electron chi connectivity index (χ1n) is 11.0. The van der Waals surface area contributed by atoms with Gasteiger partial charge in [-0.2, -0.15) is 0 Å². The molecule has 0 radical (unpaired) electrons. The van der Waals surface area contributed by atoms with E-state index in [0.29, 0.717) is 5.92 Å². The minimum atomic E-state index is -0.0549. The predicted molar refractivity (Wildman–Crippen MR) is 122 cm³/mol. The van der Waals surface area contributed by atoms with Crippen molar-refractivity contribution in [1.29, 1.82) is 0 Å². The van der Waals surface area contributed by atoms with Gasteiger partial charge in [0.1, 0.15) is 0 Å². The van der Waals surface area contributed by atoms with E-state index < -0.39 is 0 Å². The van der Waals surface area contributed by atoms with E-state index in [1.54, 1.807) is 0 Å². The van der Waals surface area contributed by atoms with Gasteiger partial charge in [0.15, 0.2) is 6.04 Å². The molecule has 2 N–H and O–H groups in total. The van der Waals surface area contributed by atoms with E-state index in [9.17, 15) is 4.79 Å². The summed E-state index contributed by atoms with van der Waals surface area (Å²) in [5.74, 6) is 0.561. The summed E-state index contributed by atoms with van der Waals surface area (Å²) < 4.78 is 0. The Bertz CT molecular complexity index is 840. The number of piperazine rings is 1. The quantitative estimate of drug-likeness (QED) is 0.786. The molecule has 1 heterocycles. The fraction of sp³-hybridized carbons (Fsp3) is 0.480. The van der Waals surface area contributed by atoms with Crippen molar-refractivity contribution in [1.82, 2.24) is 0 Å². The van der Waals surface area contributed by atoms with Gasteiger partial charge in [0.25, 0.3) is 5.91 Å². The molecule has 4 nitrogen and oxygen atoms in total. The second kappa shape index (κ2) is 9.45. The molecule has 29 heavy (non-hydrogen) atoms. The van der Waals surface area contributed by atoms with Crippen molar-refractivity contribution in [2.24, 2.45) is 0 Å². The molecule has 156 valence electrons. The smallest absolute Gasteiger partial charge is 0.282 e. The standard InChI is InChI=1S/C25H35N3O/c1-6-18(2)22-11-7-8-12-23(22)26-25(29)21(5)27-14-16-28(17-15-27)24-13-9-10-19(3)20(24)4/h7-13,18,21H,6,14-17H2,1-5H3,(H,26,29)/p+1/t18-,21-/m1/s1. The van der Waals surface area contributed by atoms with Crippen LogP contribution in [0.4, 0.5) is 11.4 Å². The Balaban J connectivity index is 1.62. The predicted octanol–water partition coefficient (Wildman–Crippen LogP) is 3.55. The van der Waals surface area contributed by atoms with Crippen molar-refractivity contribution in [2.45, 2.75) is 53.0 Å². The molecule has 1 aliphatic heterocycles. The topological polar surface area (TPSA) is 36.8 Å². The van der Waals surface area contributed by atoms with E-state index in [4.69, 9.17) is 0 Å². The highest BCUT2D eigenvalue weighted by Gasteiger charge is 2.30. The average Bonchev–Trinajstić information content (AvgIpc) is 2.75. The van der Waals surface area contributed by atoms with Gasteiger partial charge >= 0.3 is 0 Å². The fourth-order valence-electron chi connectivity index (χ4n) is 4.23. The van der Waals surface area contributed by atoms with Crippen molar-refractivity contribution >= 4 is 17.3 Å². The van der Waals surface area contributed by atoms with Gasteiger partial charge in [0.05, 0.1) is 26.2 Å². The zero-order valence-corrected chi connectivity index (χ0v) is 18.6. The van der Waals surface area contributed by atoms with Crippen molar-refractivity contribution < 1.29 is 9.69 Å². The lowest BCUT2D eigenvalue weighted by Gasteiger charge is -2.36. The molecule has 0 bridgehead atoms. The Kier molecular flexibility index (Phi) is 6.96. The minimum Gasteiger partial charge on any atom is -0.360 e. The molecular formula is C25H36N3O+. The Morgan fingerprint density at radius 3 is 2.45 bits per heavy atom. The maximum atomic E-state index is 13.0. The van der Waals surface area contributed by atoms with Gasteiger partial charge in [-0.3, -0.25) is 4.79 Å². The van der Waals surface area contributed by atoms with Gasteiger partial charge in [-0.25, -0.2) is 0 Å². The zero-order chi connectivity index (χ0) is 21.0. The molecule has 0 saturated carbocycles. The zero-order valence-electron chi connectivity index (χ0n) is 18.6. The highest BCUT2D eigenvalue weighted by molar-refractivity contribution is 5.94. The molecule has 1 aliphatic rings. The van der Waals surface area contributed by atoms with Crippen LogP contribution in [-0.2, 0) is 4.79 Å². The largest absolute Gasteiger partial charge is 0.360 e. The first-order valence-corrected chi connectivity index (χ1v) is 11.0. The maximum Gasteiger partial charge on any atom is 0.282 e. The molecule has 1 fully saturated rings. The third-order valence-electron chi connectivity index (χ3n) is 6.69. The molecule has 2 aromatic carbocycles. The summed E-state index contributed by atoms with van der Waals surface area (Å²) >= 11 is 0. The number of nitrogens with one attached hydrogen (secondary N) is 2. The lowest BCUT2D eigenvalue weighted by atomic mass is 9.97. The van der Waals surface area contributed by atoms with Crippen LogP contribution in [0, 0.1) is 13.8 Å². The van der Waals surface area contributed by atoms with Crippen LogP contribution >= 0.6 is 0 Å². The second-order valence-electron chi connectivity index (χ2n) is 8.47. The van der Waals surface area contributed by atoms with E-state index in [2.05, 4.69) is 75.2 Å². The van der Waals surface area contributed by atoms with Crippen LogP contribution in [0.2, 0.25) is 0 Å². The van der Waals surface area contributed by atoms with E-state index in [-0.39, 0.29) is 11.9 Å². The molecule has 0 aromatic heterocycles. The Morgan fingerprint density at radius 2 is 1.76 bits per heavy atom. The Morgan fingerprint density at radius 1 is 1.07 bits per heavy atom. The number of hydrogen-bond donors (Lipinski definition) is 2. The molecular weight excluding hydrogens is 358 g/mol. The molecule has 0 unspecified atom stereocenters. The van der Waals surface area contributed by atoms with Crippen LogP contribution < -0.4 is 15.1 Å². The SMILES string of the molecule is CC[C@@H](C)c1ccccc1NC(=O)[C@@H](C)[NH+]1CCN(c2cccc(C)c2C)CC1. The van der Waals surface area contributed by atoms with Gasteiger partial charge in [-0.15, -0.1) is 0 Å². The van der Waals surface area contributed by atoms with Gasteiger partial charge in [0, 0.05) is 11.4 Å². The number of rotatable bonds is 6. The highest BCUT2D eigenvalue weighted by Crippen LogP contribution is 2.26. The summed E-state index contributed by atoms with van der Waals surface area (Å²) in [6, 6.07) is 14.7. The van der Waals surface area contributed by atoms with Crippen molar-refractivity contribution in [3.05, 3.63) is 59.2 Å². The normalized spacial score (nSPS) is 17.1. The van der Waals surface area contributed by atoms with Gasteiger partial charge in [-0.05, 0) is 61.9 Å². The molecule has 2 atom stereocenters. The Hall–Kier alpha value is -2.33. The first kappa shape index (κ1) is 21.4. The second-order valence-corrected chi connectivity index (χ2v) is 8.47. The van der Waals surface area contributed by atoms with Crippen LogP contribution in [0.5, 0.6) is 0 Å². The molecule has 0 aliphatic carbocycles. The molecule has 3 rings (SSSR count). The summed E-state index contributed by atoms with van der Waals surface area (Å²) in [5, 5.41) is 3.21. The van der Waals surface area contributed by atoms with Crippen molar-refractivity contribution in [3.8, 4) is 0 Å². The maximum absolute atomic E-state index is 13.0. The third-order valence-corrected chi connectivity index (χ3v) is 6.69. The van der Waals surface area contributed by atoms with Gasteiger partial charge in [-0.1, -0.05) is 44.2 Å². The molecule has 2 aromatic rings. The van der Waals surface area contributed by atoms with Crippen molar-refractivity contribution in [2.75, 3.05) is 36.4 Å². The fourth-order valence-corrected chi connectivity index (χ4v) is 4.23. The average molecular weight is 395 g/mol. The minimum absolute atomic E-state index is 0.0549. The lowest BCUT2D eigenvalue weighted by Crippen LogP contribution is -3.19. The van der Waals surface area contributed by atoms with Crippen LogP contribution in [0.1, 0.15) is 49.8 Å². The summed E-state index contributed by atoms with van der Waals surface area (Å²) in [4.78, 5) is 16.8. The number of para-hydroxylation sites is 1. The van der Waals surface area contributed by atoms with E-state index in [1.165, 1.54) is 27.3 Å². The summed E-state index contributed by atoms with van der Waals surface area (Å²) in [7, 11) is 0. The molecule has 0 spiro atoms. The number of aryl methyl sites for hydroxylation is 1. The number of nitrogens with zero attached hydrogens (tertiary/aromatic N) is 1. The monoisotopic (exact) mass is 394 g/mol. The number of benzene rings is 2. The molecule has 1 saturated heterocycles. The third kappa shape index (κ3) is 4.81. The van der Waals surface area contributed by atoms with Crippen molar-refractivity contribution in [3.63, 3.8) is 0 Å². The van der Waals surface area contributed by atoms with Crippen LogP contribution in [0.25, 0.3) is 0 Å². The summed E-state index contributed by atoms with van der Waals surface area (Å²) in [6.45, 7) is 14.8. The molecule has 1 amide bonds. The number of carbonyl (C=O) groups excluding carboxylic acids is 1. The first-order chi connectivity index (χ1) is 13.9. The summed E-state index contributed by atoms with van der Waals surface area (Å²) in [5.41, 5.74) is 6.23.